The molecule has 5 nitrogen and oxygen atoms in total. The molecule has 1 aliphatic carbocycles. The molecule has 2 N–H and O–H groups in total. The lowest BCUT2D eigenvalue weighted by molar-refractivity contribution is -0.127. The molecule has 2 aliphatic rings. The normalized spacial score (nSPS) is 20.0. The summed E-state index contributed by atoms with van der Waals surface area (Å²) in [7, 11) is 0. The van der Waals surface area contributed by atoms with Gasteiger partial charge in [-0.25, -0.2) is 4.39 Å². The van der Waals surface area contributed by atoms with E-state index in [0.29, 0.717) is 22.7 Å². The van der Waals surface area contributed by atoms with Gasteiger partial charge in [0.1, 0.15) is 11.9 Å². The summed E-state index contributed by atoms with van der Waals surface area (Å²) in [6.45, 7) is 0. The van der Waals surface area contributed by atoms with Gasteiger partial charge in [-0.05, 0) is 43.5 Å². The largest absolute Gasteiger partial charge is 0.351 e. The molecule has 0 radical (unpaired) electrons. The van der Waals surface area contributed by atoms with E-state index in [1.165, 1.54) is 35.4 Å². The van der Waals surface area contributed by atoms with E-state index in [9.17, 15) is 14.0 Å². The van der Waals surface area contributed by atoms with E-state index >= 15 is 0 Å². The van der Waals surface area contributed by atoms with Crippen molar-refractivity contribution in [3.63, 3.8) is 0 Å². The predicted molar refractivity (Wildman–Crippen MR) is 127 cm³/mol. The highest BCUT2D eigenvalue weighted by molar-refractivity contribution is 7.97. The molecule has 2 unspecified atom stereocenters. The van der Waals surface area contributed by atoms with E-state index in [-0.39, 0.29) is 17.9 Å². The van der Waals surface area contributed by atoms with E-state index in [2.05, 4.69) is 10.0 Å². The monoisotopic (exact) mass is 475 g/mol. The first-order valence-electron chi connectivity index (χ1n) is 11.1. The summed E-state index contributed by atoms with van der Waals surface area (Å²) in [6, 6.07) is 11.4. The van der Waals surface area contributed by atoms with Crippen LogP contribution in [0, 0.1) is 5.82 Å². The summed E-state index contributed by atoms with van der Waals surface area (Å²) < 4.78 is 17.3. The van der Waals surface area contributed by atoms with E-state index in [0.717, 1.165) is 31.4 Å². The van der Waals surface area contributed by atoms with Crippen molar-refractivity contribution in [3.05, 3.63) is 64.9 Å². The minimum absolute atomic E-state index is 0.0610. The smallest absolute Gasteiger partial charge is 0.248 e. The fourth-order valence-electron chi connectivity index (χ4n) is 4.39. The number of amides is 2. The standard InChI is InChI=1S/C24H27ClFN3O2S/c25-20-12-5-4-11-19(20)22(23(30)27-17-8-2-1-3-9-17)29(18-10-6-7-16(26)15-18)24(31)21-13-14-32-28-21/h4-7,10-12,15,17,21-22,28H,1-3,8-9,13-14H2,(H,27,30). The van der Waals surface area contributed by atoms with Gasteiger partial charge in [0.25, 0.3) is 0 Å². The Kier molecular flexibility index (Phi) is 7.71. The lowest BCUT2D eigenvalue weighted by Crippen LogP contribution is -2.51. The van der Waals surface area contributed by atoms with Gasteiger partial charge in [-0.15, -0.1) is 0 Å². The Labute approximate surface area is 197 Å². The Morgan fingerprint density at radius 3 is 2.56 bits per heavy atom. The molecule has 1 aliphatic heterocycles. The first kappa shape index (κ1) is 23.1. The molecule has 2 aromatic carbocycles. The minimum atomic E-state index is -1.01. The maximum Gasteiger partial charge on any atom is 0.248 e. The number of halogens is 2. The van der Waals surface area contributed by atoms with Gasteiger partial charge in [0, 0.05) is 28.1 Å². The Morgan fingerprint density at radius 2 is 1.88 bits per heavy atom. The van der Waals surface area contributed by atoms with Crippen LogP contribution in [0.1, 0.15) is 50.1 Å². The number of carbonyl (C=O) groups excluding carboxylic acids is 2. The maximum absolute atomic E-state index is 14.2. The first-order valence-corrected chi connectivity index (χ1v) is 12.4. The average Bonchev–Trinajstić information content (AvgIpc) is 3.33. The van der Waals surface area contributed by atoms with Crippen LogP contribution in [-0.2, 0) is 9.59 Å². The minimum Gasteiger partial charge on any atom is -0.351 e. The van der Waals surface area contributed by atoms with Crippen LogP contribution in [-0.4, -0.2) is 29.7 Å². The summed E-state index contributed by atoms with van der Waals surface area (Å²) in [5, 5.41) is 3.53. The van der Waals surface area contributed by atoms with Crippen molar-refractivity contribution in [3.8, 4) is 0 Å². The zero-order chi connectivity index (χ0) is 22.5. The molecule has 0 aromatic heterocycles. The van der Waals surface area contributed by atoms with Crippen LogP contribution in [0.3, 0.4) is 0 Å². The van der Waals surface area contributed by atoms with Crippen LogP contribution >= 0.6 is 23.5 Å². The Hall–Kier alpha value is -2.09. The molecule has 170 valence electrons. The molecule has 4 rings (SSSR count). The fourth-order valence-corrected chi connectivity index (χ4v) is 5.52. The van der Waals surface area contributed by atoms with Gasteiger partial charge < -0.3 is 5.32 Å². The molecule has 0 spiro atoms. The van der Waals surface area contributed by atoms with Crippen LogP contribution in [0.15, 0.2) is 48.5 Å². The Bertz CT molecular complexity index is 964. The second kappa shape index (κ2) is 10.7. The van der Waals surface area contributed by atoms with Gasteiger partial charge in [-0.3, -0.25) is 19.2 Å². The number of nitrogens with one attached hydrogen (secondary N) is 2. The van der Waals surface area contributed by atoms with E-state index in [1.54, 1.807) is 36.4 Å². The SMILES string of the molecule is O=C(NC1CCCCC1)C(c1ccccc1Cl)N(C(=O)C1CCSN1)c1cccc(F)c1. The van der Waals surface area contributed by atoms with Crippen LogP contribution in [0.5, 0.6) is 0 Å². The quantitative estimate of drug-likeness (QED) is 0.576. The molecule has 2 amide bonds. The molecule has 2 aromatic rings. The number of rotatable bonds is 6. The van der Waals surface area contributed by atoms with Crippen LogP contribution < -0.4 is 14.9 Å². The maximum atomic E-state index is 14.2. The number of carbonyl (C=O) groups is 2. The summed E-state index contributed by atoms with van der Waals surface area (Å²) in [5.74, 6) is -0.254. The third-order valence-corrected chi connectivity index (χ3v) is 7.25. The van der Waals surface area contributed by atoms with Crippen molar-refractivity contribution < 1.29 is 14.0 Å². The summed E-state index contributed by atoms with van der Waals surface area (Å²) in [5.41, 5.74) is 0.850. The Balaban J connectivity index is 1.77. The number of anilines is 1. The van der Waals surface area contributed by atoms with Crippen molar-refractivity contribution in [1.82, 2.24) is 10.0 Å². The highest BCUT2D eigenvalue weighted by atomic mass is 35.5. The zero-order valence-corrected chi connectivity index (χ0v) is 19.3. The molecule has 2 atom stereocenters. The third kappa shape index (κ3) is 5.27. The summed E-state index contributed by atoms with van der Waals surface area (Å²) in [4.78, 5) is 28.8. The van der Waals surface area contributed by atoms with Crippen molar-refractivity contribution >= 4 is 41.1 Å². The van der Waals surface area contributed by atoms with E-state index in [1.807, 2.05) is 0 Å². The van der Waals surface area contributed by atoms with Crippen molar-refractivity contribution in [1.29, 1.82) is 0 Å². The van der Waals surface area contributed by atoms with Crippen molar-refractivity contribution in [2.45, 2.75) is 56.7 Å². The molecule has 1 saturated heterocycles. The highest BCUT2D eigenvalue weighted by Crippen LogP contribution is 2.34. The van der Waals surface area contributed by atoms with Gasteiger partial charge in [0.2, 0.25) is 11.8 Å². The molecule has 1 heterocycles. The number of hydrogen-bond acceptors (Lipinski definition) is 4. The van der Waals surface area contributed by atoms with Crippen molar-refractivity contribution in [2.75, 3.05) is 10.7 Å². The van der Waals surface area contributed by atoms with Gasteiger partial charge in [0.05, 0.1) is 6.04 Å². The molecule has 0 bridgehead atoms. The van der Waals surface area contributed by atoms with Crippen LogP contribution in [0.2, 0.25) is 5.02 Å². The fraction of sp³-hybridized carbons (Fsp3) is 0.417. The summed E-state index contributed by atoms with van der Waals surface area (Å²) >= 11 is 8.00. The van der Waals surface area contributed by atoms with Crippen LogP contribution in [0.25, 0.3) is 0 Å². The molecule has 1 saturated carbocycles. The lowest BCUT2D eigenvalue weighted by Gasteiger charge is -2.35. The predicted octanol–water partition coefficient (Wildman–Crippen LogP) is 5.01. The number of benzene rings is 2. The number of nitrogens with zero attached hydrogens (tertiary/aromatic N) is 1. The highest BCUT2D eigenvalue weighted by Gasteiger charge is 2.39. The van der Waals surface area contributed by atoms with Gasteiger partial charge >= 0.3 is 0 Å². The topological polar surface area (TPSA) is 61.4 Å². The first-order chi connectivity index (χ1) is 15.5. The average molecular weight is 476 g/mol. The number of hydrogen-bond donors (Lipinski definition) is 2. The van der Waals surface area contributed by atoms with Gasteiger partial charge in [-0.2, -0.15) is 0 Å². The molecule has 2 fully saturated rings. The Morgan fingerprint density at radius 1 is 1.09 bits per heavy atom. The van der Waals surface area contributed by atoms with Gasteiger partial charge in [0.15, 0.2) is 0 Å². The van der Waals surface area contributed by atoms with Crippen molar-refractivity contribution in [2.24, 2.45) is 0 Å². The molecule has 8 heteroatoms. The summed E-state index contributed by atoms with van der Waals surface area (Å²) in [6.07, 6.45) is 5.76. The third-order valence-electron chi connectivity index (χ3n) is 6.01. The lowest BCUT2D eigenvalue weighted by atomic mass is 9.94. The second-order valence-electron chi connectivity index (χ2n) is 8.26. The van der Waals surface area contributed by atoms with E-state index < -0.39 is 17.9 Å². The zero-order valence-electron chi connectivity index (χ0n) is 17.7. The van der Waals surface area contributed by atoms with E-state index in [4.69, 9.17) is 11.6 Å². The molecular formula is C24H27ClFN3O2S. The molecular weight excluding hydrogens is 449 g/mol. The van der Waals surface area contributed by atoms with Gasteiger partial charge in [-0.1, -0.05) is 67.1 Å². The van der Waals surface area contributed by atoms with Crippen LogP contribution in [0.4, 0.5) is 10.1 Å². The second-order valence-corrected chi connectivity index (χ2v) is 9.60. The molecule has 32 heavy (non-hydrogen) atoms.